The molecule has 0 aliphatic carbocycles. The Labute approximate surface area is 98.0 Å². The van der Waals surface area contributed by atoms with Crippen molar-refractivity contribution in [3.63, 3.8) is 0 Å². The van der Waals surface area contributed by atoms with Crippen LogP contribution in [-0.2, 0) is 0 Å². The van der Waals surface area contributed by atoms with Crippen molar-refractivity contribution in [2.75, 3.05) is 5.88 Å². The number of phenolic OH excluding ortho intramolecular Hbond substituents is 2. The van der Waals surface area contributed by atoms with Gasteiger partial charge in [0, 0.05) is 17.3 Å². The third kappa shape index (κ3) is 6.19. The minimum absolute atomic E-state index is 0.0110. The average Bonchev–Trinajstić information content (AvgIpc) is 2.13. The SMILES string of the molecule is CC(Cl)CCl.Oc1ccc(Cl)c(O)c1. The van der Waals surface area contributed by atoms with Crippen molar-refractivity contribution in [3.8, 4) is 11.5 Å². The van der Waals surface area contributed by atoms with Crippen molar-refractivity contribution >= 4 is 34.8 Å². The molecule has 0 bridgehead atoms. The van der Waals surface area contributed by atoms with Gasteiger partial charge in [0.25, 0.3) is 0 Å². The highest BCUT2D eigenvalue weighted by Crippen LogP contribution is 2.26. The zero-order valence-electron chi connectivity index (χ0n) is 7.54. The second-order valence-electron chi connectivity index (χ2n) is 2.57. The largest absolute Gasteiger partial charge is 0.508 e. The van der Waals surface area contributed by atoms with E-state index in [-0.39, 0.29) is 21.9 Å². The number of aromatic hydroxyl groups is 2. The summed E-state index contributed by atoms with van der Waals surface area (Å²) in [5.41, 5.74) is 0. The van der Waals surface area contributed by atoms with Gasteiger partial charge in [-0.1, -0.05) is 11.6 Å². The molecule has 2 N–H and O–H groups in total. The first-order valence-electron chi connectivity index (χ1n) is 3.85. The molecule has 1 atom stereocenters. The smallest absolute Gasteiger partial charge is 0.137 e. The molecule has 0 saturated heterocycles. The first-order chi connectivity index (χ1) is 6.47. The predicted octanol–water partition coefficient (Wildman–Crippen LogP) is 3.60. The van der Waals surface area contributed by atoms with Crippen molar-refractivity contribution < 1.29 is 10.2 Å². The van der Waals surface area contributed by atoms with Crippen LogP contribution in [0.5, 0.6) is 11.5 Å². The van der Waals surface area contributed by atoms with Gasteiger partial charge in [0.2, 0.25) is 0 Å². The average molecular weight is 258 g/mol. The fourth-order valence-electron chi connectivity index (χ4n) is 0.501. The maximum atomic E-state index is 8.81. The number of halogens is 3. The van der Waals surface area contributed by atoms with E-state index in [9.17, 15) is 0 Å². The van der Waals surface area contributed by atoms with E-state index in [2.05, 4.69) is 0 Å². The lowest BCUT2D eigenvalue weighted by molar-refractivity contribution is 0.451. The van der Waals surface area contributed by atoms with Gasteiger partial charge >= 0.3 is 0 Å². The van der Waals surface area contributed by atoms with Gasteiger partial charge in [-0.15, -0.1) is 23.2 Å². The lowest BCUT2D eigenvalue weighted by Gasteiger charge is -1.94. The summed E-state index contributed by atoms with van der Waals surface area (Å²) in [5.74, 6) is 0.454. The van der Waals surface area contributed by atoms with E-state index in [0.29, 0.717) is 5.88 Å². The molecule has 0 radical (unpaired) electrons. The first kappa shape index (κ1) is 13.7. The summed E-state index contributed by atoms with van der Waals surface area (Å²) in [4.78, 5) is 0. The topological polar surface area (TPSA) is 40.5 Å². The zero-order valence-corrected chi connectivity index (χ0v) is 9.81. The van der Waals surface area contributed by atoms with Crippen LogP contribution in [-0.4, -0.2) is 21.5 Å². The van der Waals surface area contributed by atoms with Gasteiger partial charge in [0.15, 0.2) is 0 Å². The Bertz CT molecular complexity index is 277. The van der Waals surface area contributed by atoms with Gasteiger partial charge in [-0.3, -0.25) is 0 Å². The second-order valence-corrected chi connectivity index (χ2v) is 4.03. The molecule has 0 aromatic heterocycles. The highest BCUT2D eigenvalue weighted by atomic mass is 35.5. The highest BCUT2D eigenvalue weighted by molar-refractivity contribution is 6.32. The standard InChI is InChI=1S/C6H5ClO2.C3H6Cl2/c7-5-2-1-4(8)3-6(5)9;1-3(5)2-4/h1-3,8-9H;3H,2H2,1H3. The Morgan fingerprint density at radius 1 is 1.36 bits per heavy atom. The molecule has 0 saturated carbocycles. The van der Waals surface area contributed by atoms with Crippen LogP contribution in [0.25, 0.3) is 0 Å². The van der Waals surface area contributed by atoms with E-state index < -0.39 is 0 Å². The normalized spacial score (nSPS) is 11.4. The van der Waals surface area contributed by atoms with Crippen LogP contribution >= 0.6 is 34.8 Å². The minimum Gasteiger partial charge on any atom is -0.508 e. The van der Waals surface area contributed by atoms with Crippen LogP contribution in [0.4, 0.5) is 0 Å². The molecule has 0 aliphatic rings. The van der Waals surface area contributed by atoms with Gasteiger partial charge in [-0.25, -0.2) is 0 Å². The van der Waals surface area contributed by atoms with Gasteiger partial charge < -0.3 is 10.2 Å². The van der Waals surface area contributed by atoms with Gasteiger partial charge in [0.1, 0.15) is 11.5 Å². The molecule has 0 fully saturated rings. The Morgan fingerprint density at radius 3 is 2.14 bits per heavy atom. The highest BCUT2D eigenvalue weighted by Gasteiger charge is 1.95. The molecule has 5 heteroatoms. The number of benzene rings is 1. The molecule has 1 aromatic carbocycles. The summed E-state index contributed by atoms with van der Waals surface area (Å²) >= 11 is 16.0. The molecular weight excluding hydrogens is 246 g/mol. The van der Waals surface area contributed by atoms with Crippen LogP contribution < -0.4 is 0 Å². The summed E-state index contributed by atoms with van der Waals surface area (Å²) < 4.78 is 0. The number of hydrogen-bond acceptors (Lipinski definition) is 2. The number of rotatable bonds is 1. The van der Waals surface area contributed by atoms with E-state index in [0.717, 1.165) is 0 Å². The maximum absolute atomic E-state index is 8.81. The van der Waals surface area contributed by atoms with E-state index in [1.54, 1.807) is 0 Å². The Morgan fingerprint density at radius 2 is 1.86 bits per heavy atom. The quantitative estimate of drug-likeness (QED) is 0.755. The third-order valence-corrected chi connectivity index (χ3v) is 2.24. The fraction of sp³-hybridized carbons (Fsp3) is 0.333. The Balaban J connectivity index is 0.000000292. The Kier molecular flexibility index (Phi) is 6.89. The number of hydrogen-bond donors (Lipinski definition) is 2. The molecule has 1 aromatic rings. The van der Waals surface area contributed by atoms with Crippen molar-refractivity contribution in [2.24, 2.45) is 0 Å². The van der Waals surface area contributed by atoms with Gasteiger partial charge in [0.05, 0.1) is 5.02 Å². The van der Waals surface area contributed by atoms with Crippen molar-refractivity contribution in [3.05, 3.63) is 23.2 Å². The minimum atomic E-state index is -0.100. The van der Waals surface area contributed by atoms with E-state index in [1.165, 1.54) is 18.2 Å². The van der Waals surface area contributed by atoms with E-state index >= 15 is 0 Å². The lowest BCUT2D eigenvalue weighted by atomic mass is 10.3. The summed E-state index contributed by atoms with van der Waals surface area (Å²) in [7, 11) is 0. The predicted molar refractivity (Wildman–Crippen MR) is 60.8 cm³/mol. The first-order valence-corrected chi connectivity index (χ1v) is 5.19. The summed E-state index contributed by atoms with van der Waals surface area (Å²) in [6.07, 6.45) is 0. The third-order valence-electron chi connectivity index (χ3n) is 1.14. The number of alkyl halides is 2. The summed E-state index contributed by atoms with van der Waals surface area (Å²) in [5, 5.41) is 17.9. The fourth-order valence-corrected chi connectivity index (χ4v) is 0.619. The van der Waals surface area contributed by atoms with Crippen LogP contribution in [0.2, 0.25) is 5.02 Å². The molecule has 80 valence electrons. The molecule has 14 heavy (non-hydrogen) atoms. The van der Waals surface area contributed by atoms with Crippen LogP contribution in [0.3, 0.4) is 0 Å². The Hall–Kier alpha value is -0.310. The van der Waals surface area contributed by atoms with E-state index in [4.69, 9.17) is 45.0 Å². The van der Waals surface area contributed by atoms with Gasteiger partial charge in [-0.2, -0.15) is 0 Å². The van der Waals surface area contributed by atoms with Crippen molar-refractivity contribution in [2.45, 2.75) is 12.3 Å². The second kappa shape index (κ2) is 7.04. The molecule has 0 heterocycles. The zero-order chi connectivity index (χ0) is 11.1. The summed E-state index contributed by atoms with van der Waals surface area (Å²) in [6.45, 7) is 1.86. The van der Waals surface area contributed by atoms with Crippen molar-refractivity contribution in [1.29, 1.82) is 0 Å². The lowest BCUT2D eigenvalue weighted by Crippen LogP contribution is -1.87. The molecule has 0 spiro atoms. The molecule has 1 unspecified atom stereocenters. The van der Waals surface area contributed by atoms with Gasteiger partial charge in [-0.05, 0) is 19.1 Å². The monoisotopic (exact) mass is 256 g/mol. The van der Waals surface area contributed by atoms with Crippen LogP contribution in [0.1, 0.15) is 6.92 Å². The number of phenols is 2. The summed E-state index contributed by atoms with van der Waals surface area (Å²) in [6, 6.07) is 4.01. The molecular formula is C9H11Cl3O2. The van der Waals surface area contributed by atoms with E-state index in [1.807, 2.05) is 6.92 Å². The molecule has 0 amide bonds. The molecule has 0 aliphatic heterocycles. The van der Waals surface area contributed by atoms with Crippen LogP contribution in [0, 0.1) is 0 Å². The molecule has 2 nitrogen and oxygen atoms in total. The van der Waals surface area contributed by atoms with Crippen molar-refractivity contribution in [1.82, 2.24) is 0 Å². The van der Waals surface area contributed by atoms with Crippen LogP contribution in [0.15, 0.2) is 18.2 Å². The maximum Gasteiger partial charge on any atom is 0.137 e. The molecule has 1 rings (SSSR count).